The van der Waals surface area contributed by atoms with Gasteiger partial charge in [0, 0.05) is 5.56 Å². The summed E-state index contributed by atoms with van der Waals surface area (Å²) >= 11 is 0. The molecule has 4 heteroatoms. The summed E-state index contributed by atoms with van der Waals surface area (Å²) in [6.07, 6.45) is 22.9. The molecule has 0 unspecified atom stereocenters. The van der Waals surface area contributed by atoms with Crippen molar-refractivity contribution >= 4 is 0 Å². The molecule has 43 heavy (non-hydrogen) atoms. The van der Waals surface area contributed by atoms with E-state index in [2.05, 4.69) is 13.8 Å². The average molecular weight is 599 g/mol. The molecule has 2 aromatic rings. The van der Waals surface area contributed by atoms with Crippen LogP contribution in [-0.4, -0.2) is 0 Å². The Morgan fingerprint density at radius 1 is 0.674 bits per heavy atom. The lowest BCUT2D eigenvalue weighted by Crippen LogP contribution is -2.28. The number of hydrogen-bond acceptors (Lipinski definition) is 1. The lowest BCUT2D eigenvalue weighted by molar-refractivity contribution is -0.188. The van der Waals surface area contributed by atoms with Gasteiger partial charge in [-0.1, -0.05) is 141 Å². The molecule has 1 aliphatic heterocycles. The molecular weight excluding hydrogens is 541 g/mol. The minimum atomic E-state index is -3.54. The number of aryl methyl sites for hydroxylation is 1. The molecule has 2 aromatic carbocycles. The van der Waals surface area contributed by atoms with Gasteiger partial charge in [-0.05, 0) is 73.1 Å². The van der Waals surface area contributed by atoms with Crippen molar-refractivity contribution in [1.82, 2.24) is 0 Å². The first-order valence-electron chi connectivity index (χ1n) is 18.0. The fourth-order valence-electron chi connectivity index (χ4n) is 7.38. The number of ether oxygens (including phenoxy) is 1. The number of rotatable bonds is 19. The van der Waals surface area contributed by atoms with Gasteiger partial charge in [-0.3, -0.25) is 0 Å². The van der Waals surface area contributed by atoms with Crippen LogP contribution in [-0.2, 0) is 12.5 Å². The molecule has 1 saturated carbocycles. The van der Waals surface area contributed by atoms with Gasteiger partial charge in [0.05, 0.1) is 5.56 Å². The van der Waals surface area contributed by atoms with E-state index in [4.69, 9.17) is 4.74 Å². The van der Waals surface area contributed by atoms with E-state index in [0.29, 0.717) is 29.0 Å². The first kappa shape index (κ1) is 33.9. The molecule has 1 fully saturated rings. The number of benzene rings is 2. The zero-order valence-electron chi connectivity index (χ0n) is 27.1. The lowest BCUT2D eigenvalue weighted by atomic mass is 9.76. The third-order valence-electron chi connectivity index (χ3n) is 10.1. The van der Waals surface area contributed by atoms with E-state index in [-0.39, 0.29) is 11.3 Å². The molecule has 0 atom stereocenters. The van der Waals surface area contributed by atoms with Crippen LogP contribution in [0.15, 0.2) is 30.3 Å². The lowest BCUT2D eigenvalue weighted by Gasteiger charge is -2.32. The Morgan fingerprint density at radius 2 is 1.23 bits per heavy atom. The third kappa shape index (κ3) is 9.76. The SMILES string of the molecule is CCCCCCCCCCc1ccc2c(c1F)OC(F)(F)c1cc(C3CCC(CCCCCCCCCC)CC3)ccc1-2. The average Bonchev–Trinajstić information content (AvgIpc) is 3.01. The van der Waals surface area contributed by atoms with Crippen molar-refractivity contribution < 1.29 is 17.9 Å². The highest BCUT2D eigenvalue weighted by Gasteiger charge is 2.44. The predicted octanol–water partition coefficient (Wildman–Crippen LogP) is 13.4. The highest BCUT2D eigenvalue weighted by atomic mass is 19.3. The van der Waals surface area contributed by atoms with Crippen LogP contribution in [0.1, 0.15) is 171 Å². The summed E-state index contributed by atoms with van der Waals surface area (Å²) in [5.74, 6) is 0.171. The number of hydrogen-bond donors (Lipinski definition) is 0. The summed E-state index contributed by atoms with van der Waals surface area (Å²) in [6, 6.07) is 8.98. The molecule has 0 bridgehead atoms. The topological polar surface area (TPSA) is 9.23 Å². The van der Waals surface area contributed by atoms with Crippen molar-refractivity contribution in [2.45, 2.75) is 167 Å². The van der Waals surface area contributed by atoms with Crippen molar-refractivity contribution in [2.75, 3.05) is 0 Å². The Bertz CT molecular complexity index is 1100. The van der Waals surface area contributed by atoms with E-state index in [1.165, 1.54) is 103 Å². The van der Waals surface area contributed by atoms with Crippen molar-refractivity contribution in [2.24, 2.45) is 5.92 Å². The Balaban J connectivity index is 1.29. The second-order valence-corrected chi connectivity index (χ2v) is 13.5. The smallest absolute Gasteiger partial charge is 0.425 e. The fourth-order valence-corrected chi connectivity index (χ4v) is 7.38. The molecule has 1 heterocycles. The normalized spacial score (nSPS) is 19.1. The highest BCUT2D eigenvalue weighted by Crippen LogP contribution is 2.50. The van der Waals surface area contributed by atoms with E-state index in [0.717, 1.165) is 43.6 Å². The second-order valence-electron chi connectivity index (χ2n) is 13.5. The molecule has 0 amide bonds. The molecule has 4 rings (SSSR count). The molecule has 0 saturated heterocycles. The van der Waals surface area contributed by atoms with Crippen LogP contribution in [0.4, 0.5) is 13.2 Å². The third-order valence-corrected chi connectivity index (χ3v) is 10.1. The monoisotopic (exact) mass is 598 g/mol. The van der Waals surface area contributed by atoms with Gasteiger partial charge < -0.3 is 4.74 Å². The molecule has 2 aliphatic rings. The number of alkyl halides is 2. The molecule has 1 aliphatic carbocycles. The Kier molecular flexibility index (Phi) is 13.8. The summed E-state index contributed by atoms with van der Waals surface area (Å²) in [5, 5.41) is 0. The van der Waals surface area contributed by atoms with Gasteiger partial charge in [-0.15, -0.1) is 0 Å². The number of halogens is 3. The summed E-state index contributed by atoms with van der Waals surface area (Å²) in [5.41, 5.74) is 2.18. The van der Waals surface area contributed by atoms with Crippen LogP contribution in [0.25, 0.3) is 11.1 Å². The standard InChI is InChI=1S/C39H57F3O/c1-3-5-7-9-11-13-15-17-19-30-21-23-31(24-22-30)33-26-27-34-35-28-25-32(20-18-16-14-12-10-8-6-4-2)37(40)38(35)43-39(41,42)36(34)29-33/h25-31H,3-24H2,1-2H3. The van der Waals surface area contributed by atoms with Crippen LogP contribution in [0.2, 0.25) is 0 Å². The molecular formula is C39H57F3O. The predicted molar refractivity (Wildman–Crippen MR) is 175 cm³/mol. The van der Waals surface area contributed by atoms with Crippen molar-refractivity contribution in [3.63, 3.8) is 0 Å². The zero-order chi connectivity index (χ0) is 30.5. The van der Waals surface area contributed by atoms with Crippen LogP contribution in [0.3, 0.4) is 0 Å². The number of unbranched alkanes of at least 4 members (excludes halogenated alkanes) is 14. The molecule has 0 spiro atoms. The minimum Gasteiger partial charge on any atom is -0.425 e. The van der Waals surface area contributed by atoms with Crippen LogP contribution in [0.5, 0.6) is 5.75 Å². The maximum Gasteiger partial charge on any atom is 0.427 e. The van der Waals surface area contributed by atoms with Gasteiger partial charge in [-0.2, -0.15) is 8.78 Å². The summed E-state index contributed by atoms with van der Waals surface area (Å²) in [4.78, 5) is 0. The molecule has 0 N–H and O–H groups in total. The Hall–Kier alpha value is -1.97. The van der Waals surface area contributed by atoms with Crippen molar-refractivity contribution in [1.29, 1.82) is 0 Å². The first-order chi connectivity index (χ1) is 20.9. The van der Waals surface area contributed by atoms with E-state index >= 15 is 13.2 Å². The summed E-state index contributed by atoms with van der Waals surface area (Å²) in [7, 11) is 0. The van der Waals surface area contributed by atoms with Crippen LogP contribution < -0.4 is 4.74 Å². The summed E-state index contributed by atoms with van der Waals surface area (Å²) in [6.45, 7) is 4.48. The highest BCUT2D eigenvalue weighted by molar-refractivity contribution is 5.77. The van der Waals surface area contributed by atoms with Gasteiger partial charge in [0.1, 0.15) is 0 Å². The van der Waals surface area contributed by atoms with Gasteiger partial charge in [0.15, 0.2) is 11.6 Å². The molecule has 1 nitrogen and oxygen atoms in total. The second kappa shape index (κ2) is 17.5. The van der Waals surface area contributed by atoms with E-state index in [9.17, 15) is 0 Å². The maximum absolute atomic E-state index is 15.4. The van der Waals surface area contributed by atoms with Crippen LogP contribution >= 0.6 is 0 Å². The molecule has 240 valence electrons. The fraction of sp³-hybridized carbons (Fsp3) is 0.692. The van der Waals surface area contributed by atoms with E-state index < -0.39 is 11.9 Å². The van der Waals surface area contributed by atoms with Crippen molar-refractivity contribution in [3.05, 3.63) is 52.8 Å². The molecule has 0 radical (unpaired) electrons. The quantitative estimate of drug-likeness (QED) is 0.146. The van der Waals surface area contributed by atoms with E-state index in [1.54, 1.807) is 24.3 Å². The van der Waals surface area contributed by atoms with E-state index in [1.807, 2.05) is 6.07 Å². The van der Waals surface area contributed by atoms with Crippen molar-refractivity contribution in [3.8, 4) is 16.9 Å². The summed E-state index contributed by atoms with van der Waals surface area (Å²) < 4.78 is 51.3. The Labute approximate surface area is 260 Å². The first-order valence-corrected chi connectivity index (χ1v) is 18.0. The number of fused-ring (bicyclic) bond motifs is 3. The van der Waals surface area contributed by atoms with Gasteiger partial charge >= 0.3 is 6.11 Å². The van der Waals surface area contributed by atoms with Gasteiger partial charge in [0.2, 0.25) is 0 Å². The largest absolute Gasteiger partial charge is 0.427 e. The Morgan fingerprint density at radius 3 is 1.86 bits per heavy atom. The molecule has 0 aromatic heterocycles. The minimum absolute atomic E-state index is 0.117. The van der Waals surface area contributed by atoms with Gasteiger partial charge in [0.25, 0.3) is 0 Å². The zero-order valence-corrected chi connectivity index (χ0v) is 27.1. The van der Waals surface area contributed by atoms with Crippen LogP contribution in [0, 0.1) is 11.7 Å². The maximum atomic E-state index is 15.4. The van der Waals surface area contributed by atoms with Gasteiger partial charge in [-0.25, -0.2) is 4.39 Å².